The summed E-state index contributed by atoms with van der Waals surface area (Å²) in [4.78, 5) is 7.91. The van der Waals surface area contributed by atoms with E-state index in [1.54, 1.807) is 0 Å². The molecule has 1 aromatic carbocycles. The molecule has 0 bridgehead atoms. The maximum Gasteiger partial charge on any atom is 0.0167 e. The molecule has 0 aliphatic carbocycles. The number of piperazine rings is 1. The molecule has 1 aromatic rings. The predicted molar refractivity (Wildman–Crippen MR) is 98.6 cm³/mol. The van der Waals surface area contributed by atoms with E-state index in [9.17, 15) is 0 Å². The number of hydrogen-bond acceptors (Lipinski definition) is 3. The van der Waals surface area contributed by atoms with Gasteiger partial charge in [-0.25, -0.2) is 0 Å². The summed E-state index contributed by atoms with van der Waals surface area (Å²) in [5.41, 5.74) is 1.30. The summed E-state index contributed by atoms with van der Waals surface area (Å²) in [6.45, 7) is 12.1. The average molecular weight is 313 g/mol. The number of nitrogens with zero attached hydrogens (tertiary/aromatic N) is 3. The van der Waals surface area contributed by atoms with Crippen molar-refractivity contribution in [1.82, 2.24) is 14.7 Å². The van der Waals surface area contributed by atoms with Gasteiger partial charge in [0.25, 0.3) is 0 Å². The Morgan fingerprint density at radius 1 is 0.913 bits per heavy atom. The van der Waals surface area contributed by atoms with E-state index in [1.165, 1.54) is 64.2 Å². The highest BCUT2D eigenvalue weighted by Crippen LogP contribution is 2.18. The van der Waals surface area contributed by atoms with Crippen molar-refractivity contribution in [2.45, 2.75) is 25.8 Å². The van der Waals surface area contributed by atoms with Crippen LogP contribution >= 0.6 is 0 Å². The van der Waals surface area contributed by atoms with Crippen molar-refractivity contribution in [3.8, 4) is 0 Å². The first-order valence-corrected chi connectivity index (χ1v) is 9.25. The quantitative estimate of drug-likeness (QED) is 0.827. The number of benzene rings is 1. The highest BCUT2D eigenvalue weighted by Gasteiger charge is 2.26. The molecule has 3 heteroatoms. The van der Waals surface area contributed by atoms with E-state index < -0.39 is 0 Å². The van der Waals surface area contributed by atoms with Gasteiger partial charge in [-0.1, -0.05) is 49.4 Å². The lowest BCUT2D eigenvalue weighted by atomic mass is 10.0. The molecule has 2 aliphatic rings. The van der Waals surface area contributed by atoms with Crippen LogP contribution in [0.15, 0.2) is 36.4 Å². The first kappa shape index (κ1) is 16.7. The Morgan fingerprint density at radius 3 is 2.26 bits per heavy atom. The van der Waals surface area contributed by atoms with E-state index in [4.69, 9.17) is 0 Å². The van der Waals surface area contributed by atoms with Crippen LogP contribution in [-0.2, 0) is 0 Å². The second-order valence-electron chi connectivity index (χ2n) is 6.82. The van der Waals surface area contributed by atoms with Crippen LogP contribution in [0.5, 0.6) is 0 Å². The maximum atomic E-state index is 2.74. The fraction of sp³-hybridized carbons (Fsp3) is 0.600. The van der Waals surface area contributed by atoms with Gasteiger partial charge < -0.3 is 4.90 Å². The van der Waals surface area contributed by atoms with Crippen molar-refractivity contribution in [2.24, 2.45) is 0 Å². The minimum atomic E-state index is 0.833. The maximum absolute atomic E-state index is 2.74. The van der Waals surface area contributed by atoms with Crippen molar-refractivity contribution in [2.75, 3.05) is 52.4 Å². The van der Waals surface area contributed by atoms with Crippen LogP contribution in [0.3, 0.4) is 0 Å². The van der Waals surface area contributed by atoms with Gasteiger partial charge >= 0.3 is 0 Å². The molecule has 23 heavy (non-hydrogen) atoms. The summed E-state index contributed by atoms with van der Waals surface area (Å²) in [5.74, 6) is 0. The van der Waals surface area contributed by atoms with Crippen LogP contribution in [-0.4, -0.2) is 73.1 Å². The third kappa shape index (κ3) is 4.90. The standard InChI is InChI=1S/C20H31N3/c1-2-21-13-10-20(11-14-21)23-17-15-22(16-18-23)12-6-9-19-7-4-3-5-8-19/h3-9,20H,2,10-18H2,1H3. The zero-order chi connectivity index (χ0) is 15.9. The van der Waals surface area contributed by atoms with Crippen LogP contribution in [0.25, 0.3) is 6.08 Å². The van der Waals surface area contributed by atoms with Gasteiger partial charge in [0.05, 0.1) is 0 Å². The van der Waals surface area contributed by atoms with E-state index >= 15 is 0 Å². The third-order valence-electron chi connectivity index (χ3n) is 5.40. The SMILES string of the molecule is CCN1CCC(N2CCN(CC=Cc3ccccc3)CC2)CC1. The second kappa shape index (κ2) is 8.62. The summed E-state index contributed by atoms with van der Waals surface area (Å²) in [7, 11) is 0. The third-order valence-corrected chi connectivity index (χ3v) is 5.40. The molecule has 0 N–H and O–H groups in total. The molecule has 2 saturated heterocycles. The average Bonchev–Trinajstić information content (AvgIpc) is 2.63. The number of hydrogen-bond donors (Lipinski definition) is 0. The van der Waals surface area contributed by atoms with Gasteiger partial charge in [0, 0.05) is 38.8 Å². The summed E-state index contributed by atoms with van der Waals surface area (Å²) in [6.07, 6.45) is 7.28. The Hall–Kier alpha value is -1.16. The Morgan fingerprint density at radius 2 is 1.61 bits per heavy atom. The normalized spacial score (nSPS) is 22.8. The topological polar surface area (TPSA) is 9.72 Å². The summed E-state index contributed by atoms with van der Waals surface area (Å²) in [6, 6.07) is 11.4. The Bertz CT molecular complexity index is 469. The van der Waals surface area contributed by atoms with Crippen molar-refractivity contribution in [3.63, 3.8) is 0 Å². The smallest absolute Gasteiger partial charge is 0.0167 e. The molecule has 126 valence electrons. The van der Waals surface area contributed by atoms with E-state index in [0.29, 0.717) is 0 Å². The van der Waals surface area contributed by atoms with Crippen LogP contribution in [0, 0.1) is 0 Å². The van der Waals surface area contributed by atoms with Crippen LogP contribution in [0.1, 0.15) is 25.3 Å². The highest BCUT2D eigenvalue weighted by molar-refractivity contribution is 5.48. The van der Waals surface area contributed by atoms with Crippen molar-refractivity contribution < 1.29 is 0 Å². The molecule has 3 nitrogen and oxygen atoms in total. The molecule has 3 rings (SSSR count). The molecular formula is C20H31N3. The van der Waals surface area contributed by atoms with E-state index in [1.807, 2.05) is 0 Å². The minimum Gasteiger partial charge on any atom is -0.303 e. The molecule has 2 aliphatic heterocycles. The molecule has 0 atom stereocenters. The van der Waals surface area contributed by atoms with Crippen molar-refractivity contribution >= 4 is 6.08 Å². The molecule has 0 aromatic heterocycles. The summed E-state index contributed by atoms with van der Waals surface area (Å²) < 4.78 is 0. The number of piperidine rings is 1. The monoisotopic (exact) mass is 313 g/mol. The molecule has 2 fully saturated rings. The van der Waals surface area contributed by atoms with Crippen LogP contribution in [0.4, 0.5) is 0 Å². The molecule has 0 spiro atoms. The molecular weight excluding hydrogens is 282 g/mol. The largest absolute Gasteiger partial charge is 0.303 e. The molecule has 0 radical (unpaired) electrons. The fourth-order valence-electron chi connectivity index (χ4n) is 3.81. The molecule has 0 saturated carbocycles. The highest BCUT2D eigenvalue weighted by atomic mass is 15.3. The van der Waals surface area contributed by atoms with Crippen molar-refractivity contribution in [3.05, 3.63) is 42.0 Å². The fourth-order valence-corrected chi connectivity index (χ4v) is 3.81. The van der Waals surface area contributed by atoms with Gasteiger partial charge in [0.1, 0.15) is 0 Å². The summed E-state index contributed by atoms with van der Waals surface area (Å²) >= 11 is 0. The van der Waals surface area contributed by atoms with Gasteiger partial charge in [-0.3, -0.25) is 9.80 Å². The Kier molecular flexibility index (Phi) is 6.26. The van der Waals surface area contributed by atoms with E-state index in [0.717, 1.165) is 12.6 Å². The first-order chi connectivity index (χ1) is 11.3. The molecule has 2 heterocycles. The van der Waals surface area contributed by atoms with Gasteiger partial charge in [-0.2, -0.15) is 0 Å². The van der Waals surface area contributed by atoms with Gasteiger partial charge in [-0.05, 0) is 38.0 Å². The van der Waals surface area contributed by atoms with Crippen LogP contribution < -0.4 is 0 Å². The zero-order valence-corrected chi connectivity index (χ0v) is 14.5. The summed E-state index contributed by atoms with van der Waals surface area (Å²) in [5, 5.41) is 0. The zero-order valence-electron chi connectivity index (χ0n) is 14.5. The number of likely N-dealkylation sites (tertiary alicyclic amines) is 1. The number of rotatable bonds is 5. The van der Waals surface area contributed by atoms with Crippen molar-refractivity contribution in [1.29, 1.82) is 0 Å². The van der Waals surface area contributed by atoms with E-state index in [-0.39, 0.29) is 0 Å². The minimum absolute atomic E-state index is 0.833. The van der Waals surface area contributed by atoms with Crippen LogP contribution in [0.2, 0.25) is 0 Å². The van der Waals surface area contributed by atoms with Gasteiger partial charge in [-0.15, -0.1) is 0 Å². The Balaban J connectivity index is 1.38. The molecule has 0 unspecified atom stereocenters. The predicted octanol–water partition coefficient (Wildman–Crippen LogP) is 2.80. The van der Waals surface area contributed by atoms with Gasteiger partial charge in [0.15, 0.2) is 0 Å². The first-order valence-electron chi connectivity index (χ1n) is 9.25. The lowest BCUT2D eigenvalue weighted by Gasteiger charge is -2.42. The lowest BCUT2D eigenvalue weighted by Crippen LogP contribution is -2.53. The van der Waals surface area contributed by atoms with Gasteiger partial charge in [0.2, 0.25) is 0 Å². The lowest BCUT2D eigenvalue weighted by molar-refractivity contribution is 0.0646. The molecule has 0 amide bonds. The van der Waals surface area contributed by atoms with E-state index in [2.05, 4.69) is 64.1 Å². The Labute approximate surface area is 141 Å². The second-order valence-corrected chi connectivity index (χ2v) is 6.82.